The van der Waals surface area contributed by atoms with Crippen LogP contribution < -0.4 is 5.73 Å². The fourth-order valence-electron chi connectivity index (χ4n) is 2.76. The third-order valence-electron chi connectivity index (χ3n) is 4.20. The molecule has 4 heteroatoms. The van der Waals surface area contributed by atoms with Gasteiger partial charge in [-0.2, -0.15) is 0 Å². The number of hydrogen-bond donors (Lipinski definition) is 1. The highest BCUT2D eigenvalue weighted by Crippen LogP contribution is 2.18. The van der Waals surface area contributed by atoms with Crippen LogP contribution in [0.1, 0.15) is 43.2 Å². The van der Waals surface area contributed by atoms with Crippen molar-refractivity contribution in [2.45, 2.75) is 44.9 Å². The van der Waals surface area contributed by atoms with Crippen LogP contribution in [0.5, 0.6) is 0 Å². The maximum absolute atomic E-state index is 12.0. The van der Waals surface area contributed by atoms with Crippen LogP contribution >= 0.6 is 15.9 Å². The molecule has 0 spiro atoms. The van der Waals surface area contributed by atoms with E-state index in [0.717, 1.165) is 34.9 Å². The van der Waals surface area contributed by atoms with Crippen molar-refractivity contribution in [3.63, 3.8) is 0 Å². The summed E-state index contributed by atoms with van der Waals surface area (Å²) in [6, 6.07) is 15.3. The quantitative estimate of drug-likeness (QED) is 0.454. The first kappa shape index (κ1) is 19.4. The molecule has 2 aromatic rings. The minimum atomic E-state index is 0.206. The van der Waals surface area contributed by atoms with E-state index < -0.39 is 0 Å². The van der Waals surface area contributed by atoms with E-state index in [2.05, 4.69) is 15.9 Å². The highest BCUT2D eigenvalue weighted by Gasteiger charge is 2.08. The zero-order valence-electron chi connectivity index (χ0n) is 14.3. The number of carbonyl (C=O) groups excluding carboxylic acids is 2. The molecule has 0 aliphatic rings. The van der Waals surface area contributed by atoms with Crippen molar-refractivity contribution in [1.82, 2.24) is 0 Å². The SMILES string of the molecule is Nc1ccccc1CC(=O)CCCCCC(=O)Cc1ccccc1Br. The topological polar surface area (TPSA) is 60.2 Å². The lowest BCUT2D eigenvalue weighted by Crippen LogP contribution is -2.06. The lowest BCUT2D eigenvalue weighted by atomic mass is 10.0. The van der Waals surface area contributed by atoms with E-state index in [-0.39, 0.29) is 11.6 Å². The number of hydrogen-bond acceptors (Lipinski definition) is 3. The largest absolute Gasteiger partial charge is 0.398 e. The van der Waals surface area contributed by atoms with Crippen LogP contribution in [0.25, 0.3) is 0 Å². The number of halogens is 1. The van der Waals surface area contributed by atoms with Gasteiger partial charge in [-0.1, -0.05) is 58.7 Å². The van der Waals surface area contributed by atoms with E-state index >= 15 is 0 Å². The molecule has 0 unspecified atom stereocenters. The van der Waals surface area contributed by atoms with Gasteiger partial charge in [0, 0.05) is 35.8 Å². The average Bonchev–Trinajstić information content (AvgIpc) is 2.59. The van der Waals surface area contributed by atoms with Crippen LogP contribution in [0.2, 0.25) is 0 Å². The molecule has 0 saturated heterocycles. The highest BCUT2D eigenvalue weighted by molar-refractivity contribution is 9.10. The number of unbranched alkanes of at least 4 members (excludes halogenated alkanes) is 2. The monoisotopic (exact) mass is 401 g/mol. The summed E-state index contributed by atoms with van der Waals surface area (Å²) in [6.07, 6.45) is 4.55. The third kappa shape index (κ3) is 6.83. The predicted octanol–water partition coefficient (Wildman–Crippen LogP) is 4.91. The van der Waals surface area contributed by atoms with E-state index in [1.54, 1.807) is 0 Å². The van der Waals surface area contributed by atoms with E-state index in [0.29, 0.717) is 31.4 Å². The predicted molar refractivity (Wildman–Crippen MR) is 106 cm³/mol. The molecule has 132 valence electrons. The summed E-state index contributed by atoms with van der Waals surface area (Å²) in [4.78, 5) is 24.1. The highest BCUT2D eigenvalue weighted by atomic mass is 79.9. The van der Waals surface area contributed by atoms with E-state index in [1.807, 2.05) is 48.5 Å². The summed E-state index contributed by atoms with van der Waals surface area (Å²) in [7, 11) is 0. The lowest BCUT2D eigenvalue weighted by Gasteiger charge is -2.05. The van der Waals surface area contributed by atoms with Gasteiger partial charge in [-0.3, -0.25) is 9.59 Å². The second-order valence-corrected chi connectivity index (χ2v) is 7.14. The lowest BCUT2D eigenvalue weighted by molar-refractivity contribution is -0.118. The Morgan fingerprint density at radius 3 is 1.88 bits per heavy atom. The molecule has 0 amide bonds. The smallest absolute Gasteiger partial charge is 0.137 e. The molecule has 0 radical (unpaired) electrons. The van der Waals surface area contributed by atoms with Crippen molar-refractivity contribution in [3.05, 3.63) is 64.1 Å². The van der Waals surface area contributed by atoms with Gasteiger partial charge in [0.05, 0.1) is 0 Å². The average molecular weight is 402 g/mol. The van der Waals surface area contributed by atoms with Crippen LogP contribution in [0.4, 0.5) is 5.69 Å². The number of anilines is 1. The van der Waals surface area contributed by atoms with Crippen molar-refractivity contribution in [2.24, 2.45) is 0 Å². The van der Waals surface area contributed by atoms with Gasteiger partial charge in [0.2, 0.25) is 0 Å². The molecule has 0 saturated carbocycles. The Morgan fingerprint density at radius 2 is 1.28 bits per heavy atom. The summed E-state index contributed by atoms with van der Waals surface area (Å²) < 4.78 is 0.981. The molecule has 0 bridgehead atoms. The van der Waals surface area contributed by atoms with Gasteiger partial charge in [-0.05, 0) is 36.1 Å². The Labute approximate surface area is 157 Å². The van der Waals surface area contributed by atoms with Gasteiger partial charge in [0.15, 0.2) is 0 Å². The molecule has 0 fully saturated rings. The van der Waals surface area contributed by atoms with Gasteiger partial charge in [-0.15, -0.1) is 0 Å². The number of carbonyl (C=O) groups is 2. The Balaban J connectivity index is 1.61. The first-order chi connectivity index (χ1) is 12.1. The fraction of sp³-hybridized carbons (Fsp3) is 0.333. The number of nitrogen functional groups attached to an aromatic ring is 1. The number of benzene rings is 2. The molecule has 2 N–H and O–H groups in total. The number of ketones is 2. The molecule has 3 nitrogen and oxygen atoms in total. The fourth-order valence-corrected chi connectivity index (χ4v) is 3.18. The minimum absolute atomic E-state index is 0.206. The standard InChI is InChI=1S/C21H24BrNO2/c22-20-12-6-4-8-16(20)14-18(24)10-2-1-3-11-19(25)15-17-9-5-7-13-21(17)23/h4-9,12-13H,1-3,10-11,14-15,23H2. The Morgan fingerprint density at radius 1 is 0.760 bits per heavy atom. The minimum Gasteiger partial charge on any atom is -0.398 e. The maximum atomic E-state index is 12.0. The number of nitrogens with two attached hydrogens (primary N) is 1. The Bertz CT molecular complexity index is 666. The first-order valence-electron chi connectivity index (χ1n) is 8.66. The summed E-state index contributed by atoms with van der Waals surface area (Å²) >= 11 is 3.47. The van der Waals surface area contributed by atoms with Gasteiger partial charge in [-0.25, -0.2) is 0 Å². The molecule has 0 aliphatic carbocycles. The Kier molecular flexibility index (Phi) is 7.86. The van der Waals surface area contributed by atoms with Crippen molar-refractivity contribution in [2.75, 3.05) is 5.73 Å². The molecule has 2 rings (SSSR count). The molecule has 0 atom stereocenters. The molecular formula is C21H24BrNO2. The van der Waals surface area contributed by atoms with Crippen molar-refractivity contribution >= 4 is 33.2 Å². The van der Waals surface area contributed by atoms with Crippen LogP contribution in [-0.2, 0) is 22.4 Å². The van der Waals surface area contributed by atoms with Gasteiger partial charge in [0.1, 0.15) is 11.6 Å². The van der Waals surface area contributed by atoms with Gasteiger partial charge >= 0.3 is 0 Å². The van der Waals surface area contributed by atoms with Crippen LogP contribution in [0.15, 0.2) is 53.0 Å². The van der Waals surface area contributed by atoms with Crippen molar-refractivity contribution in [1.29, 1.82) is 0 Å². The first-order valence-corrected chi connectivity index (χ1v) is 9.45. The van der Waals surface area contributed by atoms with E-state index in [1.165, 1.54) is 0 Å². The molecule has 0 aromatic heterocycles. The summed E-state index contributed by atoms with van der Waals surface area (Å²) in [5, 5.41) is 0. The molecule has 0 aliphatic heterocycles. The van der Waals surface area contributed by atoms with Gasteiger partial charge in [0.25, 0.3) is 0 Å². The summed E-state index contributed by atoms with van der Waals surface area (Å²) in [5.74, 6) is 0.452. The second kappa shape index (κ2) is 10.1. The normalized spacial score (nSPS) is 10.6. The summed E-state index contributed by atoms with van der Waals surface area (Å²) in [6.45, 7) is 0. The maximum Gasteiger partial charge on any atom is 0.137 e. The zero-order chi connectivity index (χ0) is 18.1. The van der Waals surface area contributed by atoms with E-state index in [9.17, 15) is 9.59 Å². The molecule has 2 aromatic carbocycles. The number of Topliss-reactive ketones (excluding diaryl/α,β-unsaturated/α-hetero) is 2. The molecular weight excluding hydrogens is 378 g/mol. The number of para-hydroxylation sites is 1. The molecule has 0 heterocycles. The van der Waals surface area contributed by atoms with Crippen LogP contribution in [-0.4, -0.2) is 11.6 Å². The third-order valence-corrected chi connectivity index (χ3v) is 4.97. The second-order valence-electron chi connectivity index (χ2n) is 6.28. The van der Waals surface area contributed by atoms with Crippen molar-refractivity contribution in [3.8, 4) is 0 Å². The van der Waals surface area contributed by atoms with Crippen molar-refractivity contribution < 1.29 is 9.59 Å². The zero-order valence-corrected chi connectivity index (χ0v) is 15.9. The summed E-state index contributed by atoms with van der Waals surface area (Å²) in [5.41, 5.74) is 8.46. The van der Waals surface area contributed by atoms with Crippen LogP contribution in [0, 0.1) is 0 Å². The number of rotatable bonds is 10. The van der Waals surface area contributed by atoms with Gasteiger partial charge < -0.3 is 5.73 Å². The van der Waals surface area contributed by atoms with E-state index in [4.69, 9.17) is 5.73 Å². The van der Waals surface area contributed by atoms with Crippen LogP contribution in [0.3, 0.4) is 0 Å². The molecule has 25 heavy (non-hydrogen) atoms. The Hall–Kier alpha value is -1.94.